The van der Waals surface area contributed by atoms with Gasteiger partial charge in [0.1, 0.15) is 22.5 Å². The van der Waals surface area contributed by atoms with E-state index in [1.165, 1.54) is 0 Å². The van der Waals surface area contributed by atoms with Gasteiger partial charge in [0.15, 0.2) is 5.79 Å². The summed E-state index contributed by atoms with van der Waals surface area (Å²) in [4.78, 5) is 23.3. The average molecular weight is 637 g/mol. The standard InChI is InChI=1S/C24H31Cl2IN4O4/c1-23(2,3)35-22(32)30-8-6-7-12(10-30)13-9-15(18-17(13)33-24(4,5)34-18)31-11-14(27)16-19(25)28-21(26)29-20(16)31/h11-13,15,17-18H,6-10H2,1-5H3/t12-,13-,15-,17-,18+/m1/s1. The highest BCUT2D eigenvalue weighted by Crippen LogP contribution is 2.51. The van der Waals surface area contributed by atoms with Crippen LogP contribution < -0.4 is 0 Å². The summed E-state index contributed by atoms with van der Waals surface area (Å²) in [6.45, 7) is 11.0. The van der Waals surface area contributed by atoms with Crippen molar-refractivity contribution in [3.05, 3.63) is 20.2 Å². The van der Waals surface area contributed by atoms with Gasteiger partial charge in [-0.15, -0.1) is 0 Å². The maximum atomic E-state index is 12.8. The number of amides is 1. The highest BCUT2D eigenvalue weighted by atomic mass is 127. The molecule has 2 aliphatic heterocycles. The lowest BCUT2D eigenvalue weighted by atomic mass is 9.83. The van der Waals surface area contributed by atoms with Gasteiger partial charge in [-0.1, -0.05) is 11.6 Å². The molecule has 1 amide bonds. The molecule has 0 unspecified atom stereocenters. The molecule has 2 aromatic rings. The Balaban J connectivity index is 1.45. The number of hydrogen-bond donors (Lipinski definition) is 0. The number of rotatable bonds is 2. The summed E-state index contributed by atoms with van der Waals surface area (Å²) in [6, 6.07) is -0.00303. The number of hydrogen-bond acceptors (Lipinski definition) is 6. The Hall–Kier alpha value is -0.880. The van der Waals surface area contributed by atoms with Gasteiger partial charge in [0.25, 0.3) is 0 Å². The first kappa shape index (κ1) is 25.8. The van der Waals surface area contributed by atoms with Gasteiger partial charge in [0.05, 0.1) is 17.5 Å². The van der Waals surface area contributed by atoms with Crippen molar-refractivity contribution in [3.8, 4) is 0 Å². The van der Waals surface area contributed by atoms with E-state index in [4.69, 9.17) is 37.4 Å². The summed E-state index contributed by atoms with van der Waals surface area (Å²) in [6.07, 6.45) is 4.39. The number of carbonyl (C=O) groups is 1. The molecule has 0 aromatic carbocycles. The number of carbonyl (C=O) groups excluding carboxylic acids is 1. The number of aromatic nitrogens is 3. The Kier molecular flexibility index (Phi) is 6.73. The second kappa shape index (κ2) is 9.15. The highest BCUT2D eigenvalue weighted by molar-refractivity contribution is 14.1. The van der Waals surface area contributed by atoms with E-state index in [0.29, 0.717) is 23.9 Å². The molecule has 11 heteroatoms. The van der Waals surface area contributed by atoms with Crippen LogP contribution in [0.3, 0.4) is 0 Å². The molecule has 2 aromatic heterocycles. The molecule has 3 aliphatic rings. The maximum absolute atomic E-state index is 12.8. The molecule has 3 fully saturated rings. The monoisotopic (exact) mass is 636 g/mol. The number of likely N-dealkylation sites (tertiary alicyclic amines) is 1. The van der Waals surface area contributed by atoms with Crippen LogP contribution in [0.2, 0.25) is 10.4 Å². The van der Waals surface area contributed by atoms with E-state index in [9.17, 15) is 4.79 Å². The minimum Gasteiger partial charge on any atom is -0.444 e. The average Bonchev–Trinajstić information content (AvgIpc) is 3.34. The maximum Gasteiger partial charge on any atom is 0.410 e. The summed E-state index contributed by atoms with van der Waals surface area (Å²) in [5.74, 6) is -0.180. The van der Waals surface area contributed by atoms with E-state index in [2.05, 4.69) is 43.3 Å². The highest BCUT2D eigenvalue weighted by Gasteiger charge is 2.57. The molecule has 4 heterocycles. The second-order valence-electron chi connectivity index (χ2n) is 11.2. The molecule has 0 spiro atoms. The number of piperidine rings is 1. The van der Waals surface area contributed by atoms with Gasteiger partial charge in [-0.3, -0.25) is 0 Å². The van der Waals surface area contributed by atoms with Crippen LogP contribution in [0.25, 0.3) is 11.0 Å². The molecule has 192 valence electrons. The molecule has 0 N–H and O–H groups in total. The summed E-state index contributed by atoms with van der Waals surface area (Å²) < 4.78 is 21.7. The number of ether oxygens (including phenoxy) is 3. The van der Waals surface area contributed by atoms with Crippen molar-refractivity contribution in [2.24, 2.45) is 11.8 Å². The lowest BCUT2D eigenvalue weighted by Gasteiger charge is -2.38. The Bertz CT molecular complexity index is 1150. The fourth-order valence-corrected chi connectivity index (χ4v) is 7.30. The van der Waals surface area contributed by atoms with Crippen molar-refractivity contribution in [2.45, 2.75) is 83.5 Å². The van der Waals surface area contributed by atoms with E-state index < -0.39 is 11.4 Å². The predicted octanol–water partition coefficient (Wildman–Crippen LogP) is 6.07. The molecule has 8 nitrogen and oxygen atoms in total. The molecule has 5 rings (SSSR count). The Labute approximate surface area is 229 Å². The van der Waals surface area contributed by atoms with Crippen LogP contribution in [-0.2, 0) is 14.2 Å². The van der Waals surface area contributed by atoms with Crippen LogP contribution in [0.5, 0.6) is 0 Å². The molecule has 2 saturated heterocycles. The van der Waals surface area contributed by atoms with Crippen molar-refractivity contribution in [2.75, 3.05) is 13.1 Å². The van der Waals surface area contributed by atoms with E-state index in [0.717, 1.165) is 28.2 Å². The number of nitrogens with zero attached hydrogens (tertiary/aromatic N) is 4. The van der Waals surface area contributed by atoms with Crippen molar-refractivity contribution in [3.63, 3.8) is 0 Å². The second-order valence-corrected chi connectivity index (χ2v) is 13.1. The van der Waals surface area contributed by atoms with Crippen molar-refractivity contribution in [1.82, 2.24) is 19.4 Å². The van der Waals surface area contributed by atoms with Gasteiger partial charge in [-0.25, -0.2) is 9.78 Å². The quantitative estimate of drug-likeness (QED) is 0.226. The Morgan fingerprint density at radius 1 is 1.23 bits per heavy atom. The fraction of sp³-hybridized carbons (Fsp3) is 0.708. The first-order valence-corrected chi connectivity index (χ1v) is 13.9. The molecule has 0 radical (unpaired) electrons. The first-order chi connectivity index (χ1) is 16.3. The lowest BCUT2D eigenvalue weighted by Crippen LogP contribution is -2.46. The van der Waals surface area contributed by atoms with Gasteiger partial charge in [-0.2, -0.15) is 4.98 Å². The minimum absolute atomic E-state index is 0.00303. The molecule has 1 saturated carbocycles. The normalized spacial score (nSPS) is 30.6. The third kappa shape index (κ3) is 5.00. The zero-order valence-corrected chi connectivity index (χ0v) is 24.2. The number of fused-ring (bicyclic) bond motifs is 2. The summed E-state index contributed by atoms with van der Waals surface area (Å²) >= 11 is 14.9. The van der Waals surface area contributed by atoms with E-state index in [1.54, 1.807) is 0 Å². The Morgan fingerprint density at radius 2 is 1.94 bits per heavy atom. The number of halogens is 3. The zero-order chi connectivity index (χ0) is 25.3. The summed E-state index contributed by atoms with van der Waals surface area (Å²) in [7, 11) is 0. The van der Waals surface area contributed by atoms with Gasteiger partial charge < -0.3 is 23.7 Å². The van der Waals surface area contributed by atoms with E-state index in [1.807, 2.05) is 39.5 Å². The van der Waals surface area contributed by atoms with Crippen LogP contribution in [0.4, 0.5) is 4.79 Å². The van der Waals surface area contributed by atoms with E-state index >= 15 is 0 Å². The van der Waals surface area contributed by atoms with Crippen LogP contribution in [0.15, 0.2) is 6.20 Å². The predicted molar refractivity (Wildman–Crippen MR) is 142 cm³/mol. The minimum atomic E-state index is -0.688. The molecular formula is C24H31Cl2IN4O4. The third-order valence-electron chi connectivity index (χ3n) is 7.11. The van der Waals surface area contributed by atoms with Gasteiger partial charge >= 0.3 is 6.09 Å². The summed E-state index contributed by atoms with van der Waals surface area (Å²) in [5.41, 5.74) is 0.188. The molecule has 35 heavy (non-hydrogen) atoms. The topological polar surface area (TPSA) is 78.7 Å². The van der Waals surface area contributed by atoms with Crippen LogP contribution >= 0.6 is 45.8 Å². The Morgan fingerprint density at radius 3 is 2.66 bits per heavy atom. The molecule has 0 bridgehead atoms. The van der Waals surface area contributed by atoms with Crippen molar-refractivity contribution in [1.29, 1.82) is 0 Å². The van der Waals surface area contributed by atoms with Crippen LogP contribution in [0.1, 0.15) is 59.9 Å². The van der Waals surface area contributed by atoms with Crippen LogP contribution in [-0.4, -0.2) is 62.2 Å². The summed E-state index contributed by atoms with van der Waals surface area (Å²) in [5, 5.41) is 1.26. The van der Waals surface area contributed by atoms with Gasteiger partial charge in [0, 0.05) is 22.9 Å². The van der Waals surface area contributed by atoms with Crippen molar-refractivity contribution >= 4 is 62.9 Å². The van der Waals surface area contributed by atoms with Gasteiger partial charge in [-0.05, 0) is 99.9 Å². The SMILES string of the molecule is CC(C)(C)OC(=O)N1CCC[C@@H]([C@H]2C[C@@H](n3cc(I)c4c(Cl)nc(Cl)nc43)[C@@H]3OC(C)(C)O[C@H]23)C1. The molecule has 1 aliphatic carbocycles. The van der Waals surface area contributed by atoms with Crippen LogP contribution in [0, 0.1) is 15.4 Å². The van der Waals surface area contributed by atoms with Crippen molar-refractivity contribution < 1.29 is 19.0 Å². The van der Waals surface area contributed by atoms with E-state index in [-0.39, 0.29) is 41.5 Å². The largest absolute Gasteiger partial charge is 0.444 e. The first-order valence-electron chi connectivity index (χ1n) is 12.1. The van der Waals surface area contributed by atoms with Gasteiger partial charge in [0.2, 0.25) is 5.28 Å². The third-order valence-corrected chi connectivity index (χ3v) is 8.37. The smallest absolute Gasteiger partial charge is 0.410 e. The lowest BCUT2D eigenvalue weighted by molar-refractivity contribution is -0.163. The zero-order valence-electron chi connectivity index (χ0n) is 20.6. The fourth-order valence-electron chi connectivity index (χ4n) is 5.87. The molecular weight excluding hydrogens is 606 g/mol. The molecule has 5 atom stereocenters.